The Labute approximate surface area is 169 Å². The normalized spacial score (nSPS) is 12.2. The van der Waals surface area contributed by atoms with E-state index in [4.69, 9.17) is 0 Å². The van der Waals surface area contributed by atoms with Gasteiger partial charge in [-0.3, -0.25) is 8.96 Å². The zero-order valence-electron chi connectivity index (χ0n) is 15.5. The summed E-state index contributed by atoms with van der Waals surface area (Å²) in [7, 11) is 0.314. The maximum Gasteiger partial charge on any atom is 0.158 e. The van der Waals surface area contributed by atoms with E-state index in [9.17, 15) is 13.0 Å². The Hall–Kier alpha value is -3.10. The average Bonchev–Trinajstić information content (AvgIpc) is 3.09. The van der Waals surface area contributed by atoms with Crippen molar-refractivity contribution in [2.24, 2.45) is 0 Å². The Morgan fingerprint density at radius 3 is 2.59 bits per heavy atom. The van der Waals surface area contributed by atoms with Crippen molar-refractivity contribution in [3.05, 3.63) is 84.3 Å². The van der Waals surface area contributed by atoms with Crippen LogP contribution in [0.25, 0.3) is 10.9 Å². The van der Waals surface area contributed by atoms with Gasteiger partial charge in [0, 0.05) is 36.2 Å². The summed E-state index contributed by atoms with van der Waals surface area (Å²) >= 11 is 0. The van der Waals surface area contributed by atoms with Crippen molar-refractivity contribution >= 4 is 33.3 Å². The highest BCUT2D eigenvalue weighted by Gasteiger charge is 2.16. The van der Waals surface area contributed by atoms with Crippen LogP contribution in [0.1, 0.15) is 5.56 Å². The van der Waals surface area contributed by atoms with Crippen LogP contribution >= 0.6 is 0 Å². The fourth-order valence-corrected chi connectivity index (χ4v) is 4.26. The van der Waals surface area contributed by atoms with Gasteiger partial charge < -0.3 is 10.6 Å². The lowest BCUT2D eigenvalue weighted by molar-refractivity contribution is 0.591. The summed E-state index contributed by atoms with van der Waals surface area (Å²) in [5.41, 5.74) is 1.90. The van der Waals surface area contributed by atoms with Gasteiger partial charge in [-0.25, -0.2) is 13.0 Å². The molecule has 0 amide bonds. The number of benzene rings is 2. The zero-order valence-corrected chi connectivity index (χ0v) is 16.3. The molecule has 8 heteroatoms. The van der Waals surface area contributed by atoms with Crippen LogP contribution in [0.5, 0.6) is 0 Å². The van der Waals surface area contributed by atoms with E-state index >= 15 is 0 Å². The maximum atomic E-state index is 14.0. The van der Waals surface area contributed by atoms with Crippen molar-refractivity contribution < 1.29 is 13.0 Å². The van der Waals surface area contributed by atoms with E-state index in [2.05, 4.69) is 15.6 Å². The Kier molecular flexibility index (Phi) is 5.37. The molecule has 4 rings (SSSR count). The summed E-state index contributed by atoms with van der Waals surface area (Å²) in [4.78, 5) is 4.59. The quantitative estimate of drug-likeness (QED) is 0.494. The summed E-state index contributed by atoms with van der Waals surface area (Å²) in [6.07, 6.45) is 4.99. The molecular formula is C21H18F2N4OS. The molecular weight excluding hydrogens is 394 g/mol. The van der Waals surface area contributed by atoms with Crippen LogP contribution in [0.4, 0.5) is 20.2 Å². The van der Waals surface area contributed by atoms with Crippen molar-refractivity contribution in [2.75, 3.05) is 12.4 Å². The summed E-state index contributed by atoms with van der Waals surface area (Å²) < 4.78 is 42.8. The van der Waals surface area contributed by atoms with E-state index in [1.54, 1.807) is 40.6 Å². The summed E-state index contributed by atoms with van der Waals surface area (Å²) in [6.45, 7) is 0.586. The number of rotatable bonds is 6. The van der Waals surface area contributed by atoms with E-state index in [-0.39, 0.29) is 5.69 Å². The number of aromatic nitrogens is 2. The van der Waals surface area contributed by atoms with Crippen LogP contribution < -0.4 is 10.6 Å². The van der Waals surface area contributed by atoms with Crippen molar-refractivity contribution in [1.29, 1.82) is 0 Å². The van der Waals surface area contributed by atoms with Crippen LogP contribution in [0, 0.1) is 11.6 Å². The third-order valence-electron chi connectivity index (χ3n) is 4.47. The Morgan fingerprint density at radius 1 is 1.10 bits per heavy atom. The Balaban J connectivity index is 1.81. The molecule has 1 atom stereocenters. The number of fused-ring (bicyclic) bond motifs is 1. The van der Waals surface area contributed by atoms with Gasteiger partial charge in [0.25, 0.3) is 0 Å². The second-order valence-corrected chi connectivity index (χ2v) is 7.77. The second-order valence-electron chi connectivity index (χ2n) is 6.40. The first-order valence-corrected chi connectivity index (χ1v) is 10.0. The average molecular weight is 412 g/mol. The Morgan fingerprint density at radius 2 is 1.90 bits per heavy atom. The van der Waals surface area contributed by atoms with Crippen molar-refractivity contribution in [1.82, 2.24) is 14.3 Å². The van der Waals surface area contributed by atoms with Gasteiger partial charge in [0.05, 0.1) is 10.4 Å². The highest BCUT2D eigenvalue weighted by molar-refractivity contribution is 7.83. The third-order valence-corrected chi connectivity index (χ3v) is 5.77. The predicted molar refractivity (Wildman–Crippen MR) is 110 cm³/mol. The molecule has 0 aliphatic carbocycles. The Bertz CT molecular complexity index is 1170. The first-order valence-electron chi connectivity index (χ1n) is 8.90. The van der Waals surface area contributed by atoms with Crippen molar-refractivity contribution in [3.8, 4) is 0 Å². The number of hydrogen-bond acceptors (Lipinski definition) is 4. The molecule has 0 aliphatic heterocycles. The molecule has 2 heterocycles. The first kappa shape index (κ1) is 19.2. The van der Waals surface area contributed by atoms with Crippen LogP contribution in [0.3, 0.4) is 0 Å². The van der Waals surface area contributed by atoms with E-state index in [1.807, 2.05) is 19.3 Å². The first-order chi connectivity index (χ1) is 14.1. The summed E-state index contributed by atoms with van der Waals surface area (Å²) in [6, 6.07) is 12.5. The van der Waals surface area contributed by atoms with Gasteiger partial charge in [0.2, 0.25) is 0 Å². The van der Waals surface area contributed by atoms with Gasteiger partial charge in [0.15, 0.2) is 11.0 Å². The number of pyridine rings is 1. The molecule has 29 heavy (non-hydrogen) atoms. The summed E-state index contributed by atoms with van der Waals surface area (Å²) in [5, 5.41) is 6.79. The molecule has 0 fully saturated rings. The number of nitrogens with one attached hydrogen (secondary N) is 2. The molecule has 1 unspecified atom stereocenters. The smallest absolute Gasteiger partial charge is 0.158 e. The second kappa shape index (κ2) is 8.10. The number of nitrogens with zero attached hydrogens (tertiary/aromatic N) is 2. The molecule has 0 aliphatic rings. The van der Waals surface area contributed by atoms with E-state index in [0.29, 0.717) is 22.6 Å². The molecule has 0 bridgehead atoms. The number of anilines is 2. The predicted octanol–water partition coefficient (Wildman–Crippen LogP) is 4.35. The van der Waals surface area contributed by atoms with Gasteiger partial charge in [0.1, 0.15) is 17.3 Å². The summed E-state index contributed by atoms with van der Waals surface area (Å²) in [5.74, 6) is -1.37. The van der Waals surface area contributed by atoms with Crippen molar-refractivity contribution in [3.63, 3.8) is 0 Å². The minimum Gasteiger partial charge on any atom is -0.351 e. The van der Waals surface area contributed by atoms with Crippen LogP contribution in [-0.4, -0.2) is 20.2 Å². The minimum absolute atomic E-state index is 0.228. The molecule has 2 aromatic carbocycles. The molecule has 5 nitrogen and oxygen atoms in total. The lowest BCUT2D eigenvalue weighted by atomic mass is 10.1. The van der Waals surface area contributed by atoms with Crippen LogP contribution in [0.15, 0.2) is 72.0 Å². The number of halogens is 2. The SMILES string of the molecule is CNCc1cn(S(=O)c2cccnc2)c2cc(Nc3c(F)cccc3F)ccc12. The lowest BCUT2D eigenvalue weighted by Gasteiger charge is -2.10. The van der Waals surface area contributed by atoms with Gasteiger partial charge in [-0.15, -0.1) is 0 Å². The highest BCUT2D eigenvalue weighted by Crippen LogP contribution is 2.30. The lowest BCUT2D eigenvalue weighted by Crippen LogP contribution is -2.06. The molecule has 0 saturated heterocycles. The highest BCUT2D eigenvalue weighted by atomic mass is 32.2. The maximum absolute atomic E-state index is 14.0. The van der Waals surface area contributed by atoms with E-state index in [1.165, 1.54) is 18.2 Å². The molecule has 148 valence electrons. The topological polar surface area (TPSA) is 59.0 Å². The van der Waals surface area contributed by atoms with Gasteiger partial charge in [-0.05, 0) is 49.0 Å². The van der Waals surface area contributed by atoms with Crippen molar-refractivity contribution in [2.45, 2.75) is 11.4 Å². The molecule has 4 aromatic rings. The standard InChI is InChI=1S/C21H18F2N4OS/c1-24-11-14-13-27(29(28)16-4-3-9-25-12-16)20-10-15(7-8-17(14)20)26-21-18(22)5-2-6-19(21)23/h2-10,12-13,24,26H,11H2,1H3. The number of hydrogen-bond donors (Lipinski definition) is 2. The van der Waals surface area contributed by atoms with Gasteiger partial charge >= 0.3 is 0 Å². The molecule has 0 radical (unpaired) electrons. The molecule has 0 saturated carbocycles. The fraction of sp³-hybridized carbons (Fsp3) is 0.0952. The molecule has 0 spiro atoms. The van der Waals surface area contributed by atoms with Gasteiger partial charge in [-0.2, -0.15) is 0 Å². The van der Waals surface area contributed by atoms with Crippen LogP contribution in [0.2, 0.25) is 0 Å². The van der Waals surface area contributed by atoms with Crippen LogP contribution in [-0.2, 0) is 17.5 Å². The van der Waals surface area contributed by atoms with Gasteiger partial charge in [-0.1, -0.05) is 12.1 Å². The monoisotopic (exact) mass is 412 g/mol. The third kappa shape index (κ3) is 3.76. The minimum atomic E-state index is -1.52. The number of para-hydroxylation sites is 1. The van der Waals surface area contributed by atoms with E-state index < -0.39 is 22.6 Å². The molecule has 2 N–H and O–H groups in total. The fourth-order valence-electron chi connectivity index (χ4n) is 3.14. The zero-order chi connectivity index (χ0) is 20.4. The molecule has 2 aromatic heterocycles. The van der Waals surface area contributed by atoms with E-state index in [0.717, 1.165) is 10.9 Å². The largest absolute Gasteiger partial charge is 0.351 e.